The molecule has 2 rings (SSSR count). The standard InChI is InChI=1S/C14H11N3O3/c1-8-2-3-9(6-15)4-12(8)20-13-11(16)5-10(7-17-13)14(18)19/h2-5,7H,16H2,1H3,(H,18,19). The fourth-order valence-electron chi connectivity index (χ4n) is 1.56. The Hall–Kier alpha value is -3.07. The van der Waals surface area contributed by atoms with Crippen molar-refractivity contribution >= 4 is 11.7 Å². The number of nitrogens with two attached hydrogens (primary N) is 1. The smallest absolute Gasteiger partial charge is 0.337 e. The molecule has 0 aliphatic heterocycles. The fraction of sp³-hybridized carbons (Fsp3) is 0.0714. The first-order valence-corrected chi connectivity index (χ1v) is 5.68. The van der Waals surface area contributed by atoms with E-state index in [2.05, 4.69) is 4.98 Å². The lowest BCUT2D eigenvalue weighted by molar-refractivity contribution is 0.0696. The molecule has 0 amide bonds. The SMILES string of the molecule is Cc1ccc(C#N)cc1Oc1ncc(C(=O)O)cc1N. The minimum absolute atomic E-state index is 0.0163. The molecule has 1 aromatic heterocycles. The second-order valence-electron chi connectivity index (χ2n) is 4.12. The third kappa shape index (κ3) is 2.67. The van der Waals surface area contributed by atoms with Crippen LogP contribution in [-0.4, -0.2) is 16.1 Å². The molecule has 3 N–H and O–H groups in total. The Labute approximate surface area is 115 Å². The highest BCUT2D eigenvalue weighted by Crippen LogP contribution is 2.28. The number of anilines is 1. The Balaban J connectivity index is 2.35. The van der Waals surface area contributed by atoms with Gasteiger partial charge in [0, 0.05) is 6.20 Å². The highest BCUT2D eigenvalue weighted by molar-refractivity contribution is 5.88. The summed E-state index contributed by atoms with van der Waals surface area (Å²) in [6.45, 7) is 1.82. The van der Waals surface area contributed by atoms with Gasteiger partial charge in [-0.15, -0.1) is 0 Å². The average Bonchev–Trinajstić information content (AvgIpc) is 2.43. The van der Waals surface area contributed by atoms with Crippen LogP contribution in [0.4, 0.5) is 5.69 Å². The van der Waals surface area contributed by atoms with E-state index in [-0.39, 0.29) is 17.1 Å². The number of aryl methyl sites for hydroxylation is 1. The van der Waals surface area contributed by atoms with E-state index in [0.717, 1.165) is 11.8 Å². The Morgan fingerprint density at radius 3 is 2.80 bits per heavy atom. The van der Waals surface area contributed by atoms with Gasteiger partial charge in [-0.05, 0) is 30.7 Å². The van der Waals surface area contributed by atoms with E-state index in [9.17, 15) is 4.79 Å². The maximum Gasteiger partial charge on any atom is 0.337 e. The third-order valence-electron chi connectivity index (χ3n) is 2.65. The Morgan fingerprint density at radius 1 is 1.45 bits per heavy atom. The van der Waals surface area contributed by atoms with E-state index in [0.29, 0.717) is 11.3 Å². The summed E-state index contributed by atoms with van der Waals surface area (Å²) >= 11 is 0. The van der Waals surface area contributed by atoms with E-state index in [4.69, 9.17) is 20.8 Å². The van der Waals surface area contributed by atoms with Gasteiger partial charge >= 0.3 is 5.97 Å². The summed E-state index contributed by atoms with van der Waals surface area (Å²) in [4.78, 5) is 14.7. The van der Waals surface area contributed by atoms with Gasteiger partial charge in [-0.25, -0.2) is 9.78 Å². The molecular formula is C14H11N3O3. The van der Waals surface area contributed by atoms with Gasteiger partial charge in [-0.3, -0.25) is 0 Å². The van der Waals surface area contributed by atoms with Crippen LogP contribution in [0.5, 0.6) is 11.6 Å². The van der Waals surface area contributed by atoms with Crippen LogP contribution in [0.1, 0.15) is 21.5 Å². The van der Waals surface area contributed by atoms with Crippen molar-refractivity contribution in [2.75, 3.05) is 5.73 Å². The Bertz CT molecular complexity index is 720. The summed E-state index contributed by atoms with van der Waals surface area (Å²) < 4.78 is 5.54. The molecule has 2 aromatic rings. The van der Waals surface area contributed by atoms with Crippen molar-refractivity contribution in [2.24, 2.45) is 0 Å². The van der Waals surface area contributed by atoms with Gasteiger partial charge < -0.3 is 15.6 Å². The molecule has 0 aliphatic rings. The highest BCUT2D eigenvalue weighted by atomic mass is 16.5. The Kier molecular flexibility index (Phi) is 3.53. The number of nitrogen functional groups attached to an aromatic ring is 1. The first-order chi connectivity index (χ1) is 9.51. The second-order valence-corrected chi connectivity index (χ2v) is 4.12. The Morgan fingerprint density at radius 2 is 2.20 bits per heavy atom. The number of carbonyl (C=O) groups is 1. The molecule has 0 unspecified atom stereocenters. The van der Waals surface area contributed by atoms with Crippen LogP contribution >= 0.6 is 0 Å². The van der Waals surface area contributed by atoms with Crippen LogP contribution in [0.15, 0.2) is 30.5 Å². The lowest BCUT2D eigenvalue weighted by Crippen LogP contribution is -2.02. The number of carboxylic acid groups (broad SMARTS) is 1. The number of rotatable bonds is 3. The predicted molar refractivity (Wildman–Crippen MR) is 71.6 cm³/mol. The second kappa shape index (κ2) is 5.28. The van der Waals surface area contributed by atoms with E-state index in [1.165, 1.54) is 6.07 Å². The predicted octanol–water partition coefficient (Wildman–Crippen LogP) is 2.33. The summed E-state index contributed by atoms with van der Waals surface area (Å²) in [6, 6.07) is 8.27. The number of hydrogen-bond donors (Lipinski definition) is 2. The summed E-state index contributed by atoms with van der Waals surface area (Å²) in [7, 11) is 0. The molecule has 6 nitrogen and oxygen atoms in total. The molecule has 1 aromatic carbocycles. The topological polar surface area (TPSA) is 109 Å². The number of benzene rings is 1. The number of nitriles is 1. The van der Waals surface area contributed by atoms with Gasteiger partial charge in [0.25, 0.3) is 0 Å². The molecule has 0 saturated carbocycles. The monoisotopic (exact) mass is 269 g/mol. The van der Waals surface area contributed by atoms with Crippen LogP contribution in [0, 0.1) is 18.3 Å². The van der Waals surface area contributed by atoms with Gasteiger partial charge in [0.1, 0.15) is 5.75 Å². The van der Waals surface area contributed by atoms with E-state index in [1.54, 1.807) is 18.2 Å². The van der Waals surface area contributed by atoms with Crippen molar-refractivity contribution in [3.8, 4) is 17.7 Å². The van der Waals surface area contributed by atoms with Crippen LogP contribution in [0.3, 0.4) is 0 Å². The third-order valence-corrected chi connectivity index (χ3v) is 2.65. The lowest BCUT2D eigenvalue weighted by atomic mass is 10.1. The molecule has 0 bridgehead atoms. The number of ether oxygens (including phenoxy) is 1. The van der Waals surface area contributed by atoms with Gasteiger partial charge in [-0.1, -0.05) is 6.07 Å². The van der Waals surface area contributed by atoms with Crippen LogP contribution in [-0.2, 0) is 0 Å². The van der Waals surface area contributed by atoms with Gasteiger partial charge in [0.15, 0.2) is 0 Å². The van der Waals surface area contributed by atoms with Crippen molar-refractivity contribution in [1.29, 1.82) is 5.26 Å². The molecule has 0 radical (unpaired) electrons. The van der Waals surface area contributed by atoms with Crippen molar-refractivity contribution in [3.05, 3.63) is 47.2 Å². The average molecular weight is 269 g/mol. The summed E-state index contributed by atoms with van der Waals surface area (Å²) in [5.41, 5.74) is 7.08. The summed E-state index contributed by atoms with van der Waals surface area (Å²) in [5.74, 6) is -0.557. The minimum Gasteiger partial charge on any atom is -0.478 e. The maximum atomic E-state index is 10.8. The number of aromatic nitrogens is 1. The molecule has 1 heterocycles. The number of pyridine rings is 1. The first-order valence-electron chi connectivity index (χ1n) is 5.68. The van der Waals surface area contributed by atoms with Gasteiger partial charge in [0.05, 0.1) is 22.9 Å². The zero-order valence-corrected chi connectivity index (χ0v) is 10.6. The van der Waals surface area contributed by atoms with Crippen LogP contribution in [0.25, 0.3) is 0 Å². The molecule has 100 valence electrons. The lowest BCUT2D eigenvalue weighted by Gasteiger charge is -2.10. The molecule has 0 saturated heterocycles. The number of carboxylic acids is 1. The zero-order valence-electron chi connectivity index (χ0n) is 10.6. The van der Waals surface area contributed by atoms with Crippen LogP contribution in [0.2, 0.25) is 0 Å². The molecule has 0 fully saturated rings. The van der Waals surface area contributed by atoms with Crippen molar-refractivity contribution < 1.29 is 14.6 Å². The highest BCUT2D eigenvalue weighted by Gasteiger charge is 2.11. The van der Waals surface area contributed by atoms with Crippen molar-refractivity contribution in [1.82, 2.24) is 4.98 Å². The van der Waals surface area contributed by atoms with E-state index < -0.39 is 5.97 Å². The van der Waals surface area contributed by atoms with E-state index in [1.807, 2.05) is 13.0 Å². The molecule has 0 atom stereocenters. The molecule has 0 aliphatic carbocycles. The first kappa shape index (κ1) is 13.4. The van der Waals surface area contributed by atoms with Crippen molar-refractivity contribution in [2.45, 2.75) is 6.92 Å². The largest absolute Gasteiger partial charge is 0.478 e. The zero-order chi connectivity index (χ0) is 14.7. The van der Waals surface area contributed by atoms with E-state index >= 15 is 0 Å². The van der Waals surface area contributed by atoms with Crippen molar-refractivity contribution in [3.63, 3.8) is 0 Å². The molecule has 6 heteroatoms. The fourth-order valence-corrected chi connectivity index (χ4v) is 1.56. The number of aromatic carboxylic acids is 1. The van der Waals surface area contributed by atoms with Gasteiger partial charge in [-0.2, -0.15) is 5.26 Å². The molecule has 20 heavy (non-hydrogen) atoms. The van der Waals surface area contributed by atoms with Crippen LogP contribution < -0.4 is 10.5 Å². The number of hydrogen-bond acceptors (Lipinski definition) is 5. The van der Waals surface area contributed by atoms with Gasteiger partial charge in [0.2, 0.25) is 5.88 Å². The quantitative estimate of drug-likeness (QED) is 0.884. The minimum atomic E-state index is -1.11. The normalized spacial score (nSPS) is 9.80. The summed E-state index contributed by atoms with van der Waals surface area (Å²) in [5, 5.41) is 17.7. The summed E-state index contributed by atoms with van der Waals surface area (Å²) in [6.07, 6.45) is 1.16. The molecular weight excluding hydrogens is 258 g/mol. The maximum absolute atomic E-state index is 10.8. The molecule has 0 spiro atoms. The number of nitrogens with zero attached hydrogens (tertiary/aromatic N) is 2.